The van der Waals surface area contributed by atoms with Crippen LogP contribution in [0.5, 0.6) is 5.75 Å². The number of ether oxygens (including phenoxy) is 1. The van der Waals surface area contributed by atoms with Crippen molar-refractivity contribution in [3.05, 3.63) is 29.3 Å². The molecule has 2 unspecified atom stereocenters. The van der Waals surface area contributed by atoms with E-state index in [1.165, 1.54) is 25.7 Å². The number of hydrogen-bond acceptors (Lipinski definition) is 2. The van der Waals surface area contributed by atoms with Crippen molar-refractivity contribution in [3.63, 3.8) is 0 Å². The first-order valence-corrected chi connectivity index (χ1v) is 7.33. The summed E-state index contributed by atoms with van der Waals surface area (Å²) >= 11 is 6.16. The van der Waals surface area contributed by atoms with E-state index in [-0.39, 0.29) is 6.10 Å². The van der Waals surface area contributed by atoms with Crippen LogP contribution in [0.4, 0.5) is 0 Å². The number of hydrogen-bond donors (Lipinski definition) is 1. The number of likely N-dealkylation sites (N-methyl/N-ethyl adjacent to an activating group) is 1. The van der Waals surface area contributed by atoms with Crippen LogP contribution in [-0.2, 0) is 0 Å². The Balaban J connectivity index is 2.06. The van der Waals surface area contributed by atoms with E-state index in [1.54, 1.807) is 0 Å². The fourth-order valence-corrected chi connectivity index (χ4v) is 2.79. The summed E-state index contributed by atoms with van der Waals surface area (Å²) < 4.78 is 6.14. The molecule has 0 heterocycles. The topological polar surface area (TPSA) is 21.3 Å². The van der Waals surface area contributed by atoms with Gasteiger partial charge in [-0.1, -0.05) is 43.5 Å². The maximum Gasteiger partial charge on any atom is 0.138 e. The van der Waals surface area contributed by atoms with E-state index >= 15 is 0 Å². The highest BCUT2D eigenvalue weighted by Crippen LogP contribution is 2.28. The van der Waals surface area contributed by atoms with Crippen molar-refractivity contribution in [2.75, 3.05) is 6.54 Å². The van der Waals surface area contributed by atoms with E-state index in [4.69, 9.17) is 16.3 Å². The average molecular weight is 268 g/mol. The molecule has 1 saturated carbocycles. The molecular weight excluding hydrogens is 246 g/mol. The summed E-state index contributed by atoms with van der Waals surface area (Å²) in [6.45, 7) is 3.14. The molecule has 1 aliphatic rings. The molecule has 0 aliphatic heterocycles. The molecule has 18 heavy (non-hydrogen) atoms. The van der Waals surface area contributed by atoms with E-state index < -0.39 is 0 Å². The molecule has 0 amide bonds. The van der Waals surface area contributed by atoms with Crippen LogP contribution < -0.4 is 10.1 Å². The van der Waals surface area contributed by atoms with Crippen molar-refractivity contribution in [2.24, 2.45) is 0 Å². The Morgan fingerprint density at radius 1 is 1.22 bits per heavy atom. The number of rotatable bonds is 4. The number of para-hydroxylation sites is 1. The van der Waals surface area contributed by atoms with E-state index in [0.717, 1.165) is 18.7 Å². The molecule has 1 N–H and O–H groups in total. The van der Waals surface area contributed by atoms with Gasteiger partial charge >= 0.3 is 0 Å². The van der Waals surface area contributed by atoms with Gasteiger partial charge in [0.15, 0.2) is 0 Å². The van der Waals surface area contributed by atoms with Crippen LogP contribution in [0.25, 0.3) is 0 Å². The van der Waals surface area contributed by atoms with Gasteiger partial charge in [-0.05, 0) is 37.9 Å². The smallest absolute Gasteiger partial charge is 0.138 e. The summed E-state index contributed by atoms with van der Waals surface area (Å²) in [5, 5.41) is 4.25. The normalized spacial score (nSPS) is 24.6. The van der Waals surface area contributed by atoms with Crippen molar-refractivity contribution < 1.29 is 4.74 Å². The molecule has 0 radical (unpaired) electrons. The molecule has 2 rings (SSSR count). The molecule has 3 heteroatoms. The van der Waals surface area contributed by atoms with Gasteiger partial charge in [0.1, 0.15) is 11.9 Å². The van der Waals surface area contributed by atoms with Crippen LogP contribution in [0, 0.1) is 0 Å². The summed E-state index contributed by atoms with van der Waals surface area (Å²) in [4.78, 5) is 0. The molecule has 0 saturated heterocycles. The van der Waals surface area contributed by atoms with Crippen molar-refractivity contribution in [2.45, 2.75) is 51.2 Å². The Kier molecular flexibility index (Phi) is 5.33. The standard InChI is InChI=1S/C15H22ClNO/c1-2-17-13-9-4-3-5-11-15(13)18-14-10-7-6-8-12(14)16/h6-8,10,13,15,17H,2-5,9,11H2,1H3. The van der Waals surface area contributed by atoms with E-state index in [2.05, 4.69) is 12.2 Å². The van der Waals surface area contributed by atoms with Crippen LogP contribution in [0.15, 0.2) is 24.3 Å². The minimum absolute atomic E-state index is 0.243. The van der Waals surface area contributed by atoms with E-state index in [0.29, 0.717) is 11.1 Å². The Morgan fingerprint density at radius 3 is 2.78 bits per heavy atom. The van der Waals surface area contributed by atoms with Crippen molar-refractivity contribution in [3.8, 4) is 5.75 Å². The minimum Gasteiger partial charge on any atom is -0.487 e. The van der Waals surface area contributed by atoms with Crippen LogP contribution in [0.2, 0.25) is 5.02 Å². The SMILES string of the molecule is CCNC1CCCCCC1Oc1ccccc1Cl. The highest BCUT2D eigenvalue weighted by molar-refractivity contribution is 6.32. The van der Waals surface area contributed by atoms with Gasteiger partial charge in [-0.15, -0.1) is 0 Å². The lowest BCUT2D eigenvalue weighted by Gasteiger charge is -2.27. The molecular formula is C15H22ClNO. The maximum atomic E-state index is 6.16. The van der Waals surface area contributed by atoms with Gasteiger partial charge in [-0.25, -0.2) is 0 Å². The lowest BCUT2D eigenvalue weighted by Crippen LogP contribution is -2.42. The predicted octanol–water partition coefficient (Wildman–Crippen LogP) is 4.03. The van der Waals surface area contributed by atoms with Gasteiger partial charge in [0.05, 0.1) is 5.02 Å². The summed E-state index contributed by atoms with van der Waals surface area (Å²) in [7, 11) is 0. The predicted molar refractivity (Wildman–Crippen MR) is 76.4 cm³/mol. The first kappa shape index (κ1) is 13.7. The van der Waals surface area contributed by atoms with Crippen molar-refractivity contribution in [1.82, 2.24) is 5.32 Å². The molecule has 0 aromatic heterocycles. The second kappa shape index (κ2) is 7.01. The zero-order chi connectivity index (χ0) is 12.8. The number of benzene rings is 1. The molecule has 2 atom stereocenters. The lowest BCUT2D eigenvalue weighted by atomic mass is 10.1. The summed E-state index contributed by atoms with van der Waals surface area (Å²) in [5.41, 5.74) is 0. The minimum atomic E-state index is 0.243. The Labute approximate surface area is 115 Å². The highest BCUT2D eigenvalue weighted by Gasteiger charge is 2.25. The van der Waals surface area contributed by atoms with Gasteiger partial charge in [0, 0.05) is 6.04 Å². The van der Waals surface area contributed by atoms with Crippen LogP contribution >= 0.6 is 11.6 Å². The third-order valence-corrected chi connectivity index (χ3v) is 3.85. The van der Waals surface area contributed by atoms with Gasteiger partial charge in [0.25, 0.3) is 0 Å². The molecule has 1 aromatic rings. The Morgan fingerprint density at radius 2 is 2.00 bits per heavy atom. The Hall–Kier alpha value is -0.730. The second-order valence-electron chi connectivity index (χ2n) is 4.89. The Bertz CT molecular complexity index is 369. The quantitative estimate of drug-likeness (QED) is 0.832. The van der Waals surface area contributed by atoms with Gasteiger partial charge in [-0.3, -0.25) is 0 Å². The molecule has 0 spiro atoms. The molecule has 0 bridgehead atoms. The second-order valence-corrected chi connectivity index (χ2v) is 5.30. The molecule has 1 fully saturated rings. The first-order chi connectivity index (χ1) is 8.81. The fourth-order valence-electron chi connectivity index (χ4n) is 2.61. The van der Waals surface area contributed by atoms with Gasteiger partial charge < -0.3 is 10.1 Å². The largest absolute Gasteiger partial charge is 0.487 e. The lowest BCUT2D eigenvalue weighted by molar-refractivity contribution is 0.146. The molecule has 100 valence electrons. The fraction of sp³-hybridized carbons (Fsp3) is 0.600. The van der Waals surface area contributed by atoms with Crippen molar-refractivity contribution in [1.29, 1.82) is 0 Å². The number of nitrogens with one attached hydrogen (secondary N) is 1. The van der Waals surface area contributed by atoms with Crippen LogP contribution in [-0.4, -0.2) is 18.7 Å². The first-order valence-electron chi connectivity index (χ1n) is 6.96. The average Bonchev–Trinajstić information content (AvgIpc) is 2.59. The van der Waals surface area contributed by atoms with Crippen LogP contribution in [0.3, 0.4) is 0 Å². The summed E-state index contributed by atoms with van der Waals surface area (Å²) in [6.07, 6.45) is 6.40. The zero-order valence-electron chi connectivity index (χ0n) is 11.0. The van der Waals surface area contributed by atoms with Crippen molar-refractivity contribution >= 4 is 11.6 Å². The molecule has 2 nitrogen and oxygen atoms in total. The third-order valence-electron chi connectivity index (χ3n) is 3.53. The van der Waals surface area contributed by atoms with Crippen LogP contribution in [0.1, 0.15) is 39.0 Å². The summed E-state index contributed by atoms with van der Waals surface area (Å²) in [5.74, 6) is 0.814. The monoisotopic (exact) mass is 267 g/mol. The molecule has 1 aromatic carbocycles. The number of halogens is 1. The van der Waals surface area contributed by atoms with Gasteiger partial charge in [0.2, 0.25) is 0 Å². The highest BCUT2D eigenvalue weighted by atomic mass is 35.5. The van der Waals surface area contributed by atoms with E-state index in [9.17, 15) is 0 Å². The van der Waals surface area contributed by atoms with E-state index in [1.807, 2.05) is 24.3 Å². The summed E-state index contributed by atoms with van der Waals surface area (Å²) in [6, 6.07) is 8.20. The van der Waals surface area contributed by atoms with Gasteiger partial charge in [-0.2, -0.15) is 0 Å². The zero-order valence-corrected chi connectivity index (χ0v) is 11.7. The maximum absolute atomic E-state index is 6.16. The molecule has 1 aliphatic carbocycles. The third kappa shape index (κ3) is 3.63.